The van der Waals surface area contributed by atoms with E-state index in [-0.39, 0.29) is 15.2 Å². The van der Waals surface area contributed by atoms with E-state index >= 15 is 0 Å². The van der Waals surface area contributed by atoms with Crippen molar-refractivity contribution in [2.75, 3.05) is 0 Å². The van der Waals surface area contributed by atoms with Crippen molar-refractivity contribution in [3.05, 3.63) is 17.7 Å². The average Bonchev–Trinajstić information content (AvgIpc) is 2.43. The van der Waals surface area contributed by atoms with Crippen LogP contribution < -0.4 is 5.32 Å². The maximum atomic E-state index is 11.1. The summed E-state index contributed by atoms with van der Waals surface area (Å²) in [6.45, 7) is 0.0485. The van der Waals surface area contributed by atoms with Crippen LogP contribution in [0.3, 0.4) is 0 Å². The van der Waals surface area contributed by atoms with Gasteiger partial charge >= 0.3 is 6.09 Å². The molecule has 0 saturated heterocycles. The molecule has 2 N–H and O–H groups in total. The zero-order valence-corrected chi connectivity index (χ0v) is 5.96. The molecule has 1 aromatic rings. The van der Waals surface area contributed by atoms with E-state index in [9.17, 15) is 9.59 Å². The second-order valence-electron chi connectivity index (χ2n) is 2.26. The Labute approximate surface area is 69.9 Å². The van der Waals surface area contributed by atoms with Crippen LogP contribution in [0.15, 0.2) is 6.33 Å². The first-order valence-electron chi connectivity index (χ1n) is 3.28. The van der Waals surface area contributed by atoms with Crippen LogP contribution in [-0.4, -0.2) is 22.0 Å². The van der Waals surface area contributed by atoms with Crippen LogP contribution in [-0.2, 0) is 11.3 Å². The number of alkyl carbamates (subject to hydrolysis) is 1. The minimum Gasteiger partial charge on any atom is -0.443 e. The highest BCUT2D eigenvalue weighted by Crippen LogP contribution is 2.07. The van der Waals surface area contributed by atoms with Gasteiger partial charge in [-0.3, -0.25) is 10.1 Å². The summed E-state index contributed by atoms with van der Waals surface area (Å²) in [5.74, 6) is -0.534. The number of nitrogens with one attached hydrogen (secondary N) is 2. The van der Waals surface area contributed by atoms with Gasteiger partial charge in [-0.1, -0.05) is 0 Å². The average molecular weight is 171 g/mol. The highest BCUT2D eigenvalue weighted by molar-refractivity contribution is 6.03. The van der Waals surface area contributed by atoms with Gasteiger partial charge in [-0.15, -0.1) is 0 Å². The van der Waals surface area contributed by atoms with E-state index in [0.29, 0.717) is 5.69 Å². The number of nitrogens with zero attached hydrogens (tertiary/aromatic N) is 1. The molecule has 1 aliphatic heterocycles. The number of aromatic nitrogens is 2. The maximum absolute atomic E-state index is 11.1. The second-order valence-corrected chi connectivity index (χ2v) is 2.26. The third kappa shape index (κ3) is 0.931. The van der Waals surface area contributed by atoms with Crippen molar-refractivity contribution < 1.29 is 17.2 Å². The van der Waals surface area contributed by atoms with Gasteiger partial charge < -0.3 is 9.72 Å². The summed E-state index contributed by atoms with van der Waals surface area (Å²) in [5.41, 5.74) is 0.721. The van der Waals surface area contributed by atoms with E-state index in [0.717, 1.165) is 0 Å². The predicted molar refractivity (Wildman–Crippen MR) is 40.5 cm³/mol. The van der Waals surface area contributed by atoms with Crippen molar-refractivity contribution in [3.8, 4) is 0 Å². The highest BCUT2D eigenvalue weighted by atomic mass is 16.5. The Morgan fingerprint density at radius 1 is 1.58 bits per heavy atom. The van der Waals surface area contributed by atoms with Gasteiger partial charge in [0, 0.05) is 2.85 Å². The first-order valence-corrected chi connectivity index (χ1v) is 3.28. The van der Waals surface area contributed by atoms with Crippen LogP contribution >= 0.6 is 0 Å². The van der Waals surface area contributed by atoms with E-state index in [1.54, 1.807) is 0 Å². The van der Waals surface area contributed by atoms with E-state index in [2.05, 4.69) is 14.7 Å². The van der Waals surface area contributed by atoms with Crippen LogP contribution in [0.4, 0.5) is 4.79 Å². The van der Waals surface area contributed by atoms with Gasteiger partial charge in [0.1, 0.15) is 6.61 Å². The second kappa shape index (κ2) is 2.33. The standard InChI is InChI=1S/C6H5N3O3.2H2/c10-5-4-3(7-2-8-4)1-12-6(11)9-5;;/h2H,1H2,(H,7,8)(H,9,10,11);2*1H. The van der Waals surface area contributed by atoms with Crippen molar-refractivity contribution in [1.29, 1.82) is 0 Å². The molecule has 0 saturated carbocycles. The van der Waals surface area contributed by atoms with Crippen LogP contribution in [0.5, 0.6) is 0 Å². The van der Waals surface area contributed by atoms with Crippen LogP contribution in [0.2, 0.25) is 0 Å². The molecular formula is C6H9N3O3. The minimum absolute atomic E-state index is 0. The number of hydrogen-bond acceptors (Lipinski definition) is 4. The molecule has 1 aromatic heterocycles. The Balaban J connectivity index is 0.000000845. The summed E-state index contributed by atoms with van der Waals surface area (Å²) in [6.07, 6.45) is 0.634. The normalized spacial score (nSPS) is 16.0. The summed E-state index contributed by atoms with van der Waals surface area (Å²) in [4.78, 5) is 28.2. The summed E-state index contributed by atoms with van der Waals surface area (Å²) >= 11 is 0. The van der Waals surface area contributed by atoms with Gasteiger partial charge in [0.05, 0.1) is 12.0 Å². The SMILES string of the molecule is O=C1NC(=O)c2nc[nH]c2CO1.[HH].[HH]. The quantitative estimate of drug-likeness (QED) is 0.587. The number of H-pyrrole nitrogens is 1. The number of carbonyl (C=O) groups is 2. The van der Waals surface area contributed by atoms with Gasteiger partial charge in [0.15, 0.2) is 5.69 Å². The number of imide groups is 1. The lowest BCUT2D eigenvalue weighted by atomic mass is 10.3. The van der Waals surface area contributed by atoms with Gasteiger partial charge in [-0.05, 0) is 0 Å². The summed E-state index contributed by atoms with van der Waals surface area (Å²) in [5, 5.41) is 2.00. The molecule has 0 fully saturated rings. The van der Waals surface area contributed by atoms with Gasteiger partial charge in [0.25, 0.3) is 5.91 Å². The lowest BCUT2D eigenvalue weighted by Crippen LogP contribution is -2.28. The molecular weight excluding hydrogens is 162 g/mol. The first kappa shape index (κ1) is 6.84. The molecule has 0 atom stereocenters. The Kier molecular flexibility index (Phi) is 1.33. The number of ether oxygens (including phenoxy) is 1. The molecule has 6 nitrogen and oxygen atoms in total. The molecule has 0 aromatic carbocycles. The smallest absolute Gasteiger partial charge is 0.414 e. The zero-order valence-electron chi connectivity index (χ0n) is 5.96. The molecule has 66 valence electrons. The van der Waals surface area contributed by atoms with Crippen molar-refractivity contribution in [2.24, 2.45) is 0 Å². The van der Waals surface area contributed by atoms with Crippen molar-refractivity contribution in [2.45, 2.75) is 6.61 Å². The summed E-state index contributed by atoms with van der Waals surface area (Å²) in [7, 11) is 0. The minimum atomic E-state index is -0.744. The first-order chi connectivity index (χ1) is 5.77. The monoisotopic (exact) mass is 171 g/mol. The molecule has 0 radical (unpaired) electrons. The Morgan fingerprint density at radius 3 is 3.25 bits per heavy atom. The number of aromatic amines is 1. The van der Waals surface area contributed by atoms with Gasteiger partial charge in [0.2, 0.25) is 0 Å². The molecule has 1 aliphatic rings. The van der Waals surface area contributed by atoms with E-state index in [4.69, 9.17) is 0 Å². The van der Waals surface area contributed by atoms with Crippen molar-refractivity contribution in [1.82, 2.24) is 15.3 Å². The third-order valence-corrected chi connectivity index (χ3v) is 1.50. The fourth-order valence-electron chi connectivity index (χ4n) is 0.952. The van der Waals surface area contributed by atoms with Gasteiger partial charge in [-0.25, -0.2) is 9.78 Å². The number of imidazole rings is 1. The molecule has 2 heterocycles. The number of rotatable bonds is 0. The van der Waals surface area contributed by atoms with E-state index < -0.39 is 12.0 Å². The number of fused-ring (bicyclic) bond motifs is 1. The number of amides is 2. The van der Waals surface area contributed by atoms with Crippen molar-refractivity contribution >= 4 is 12.0 Å². The molecule has 0 spiro atoms. The number of cyclic esters (lactones) is 1. The van der Waals surface area contributed by atoms with Crippen molar-refractivity contribution in [3.63, 3.8) is 0 Å². The molecule has 2 rings (SSSR count). The summed E-state index contributed by atoms with van der Waals surface area (Å²) < 4.78 is 4.62. The Morgan fingerprint density at radius 2 is 2.42 bits per heavy atom. The summed E-state index contributed by atoms with van der Waals surface area (Å²) in [6, 6.07) is 0. The fourth-order valence-corrected chi connectivity index (χ4v) is 0.952. The molecule has 0 unspecified atom stereocenters. The Hall–Kier alpha value is -1.85. The lowest BCUT2D eigenvalue weighted by Gasteiger charge is -1.96. The lowest BCUT2D eigenvalue weighted by molar-refractivity contribution is 0.0932. The zero-order chi connectivity index (χ0) is 8.55. The van der Waals surface area contributed by atoms with E-state index in [1.807, 2.05) is 5.32 Å². The molecule has 0 aliphatic carbocycles. The molecule has 12 heavy (non-hydrogen) atoms. The highest BCUT2D eigenvalue weighted by Gasteiger charge is 2.22. The molecule has 6 heteroatoms. The Bertz CT molecular complexity index is 352. The molecule has 2 amide bonds. The van der Waals surface area contributed by atoms with E-state index in [1.165, 1.54) is 6.33 Å². The maximum Gasteiger partial charge on any atom is 0.414 e. The topological polar surface area (TPSA) is 84.1 Å². The largest absolute Gasteiger partial charge is 0.443 e. The number of carbonyl (C=O) groups excluding carboxylic acids is 2. The van der Waals surface area contributed by atoms with Crippen LogP contribution in [0.25, 0.3) is 0 Å². The third-order valence-electron chi connectivity index (χ3n) is 1.50. The number of hydrogen-bond donors (Lipinski definition) is 2. The van der Waals surface area contributed by atoms with Crippen LogP contribution in [0.1, 0.15) is 19.0 Å². The molecule has 0 bridgehead atoms. The predicted octanol–water partition coefficient (Wildman–Crippen LogP) is 0.282. The fraction of sp³-hybridized carbons (Fsp3) is 0.167. The van der Waals surface area contributed by atoms with Crippen LogP contribution in [0, 0.1) is 0 Å². The van der Waals surface area contributed by atoms with Gasteiger partial charge in [-0.2, -0.15) is 0 Å².